The minimum Gasteiger partial charge on any atom is -0.0619 e. The van der Waals surface area contributed by atoms with Gasteiger partial charge in [0.05, 0.1) is 0 Å². The molecule has 2 aromatic rings. The molecular formula is C12H10F6I2+2. The first-order valence-corrected chi connectivity index (χ1v) is 12.1. The normalized spacial score (nSPS) is 14.5. The van der Waals surface area contributed by atoms with Crippen LogP contribution in [0.15, 0.2) is 60.7 Å². The Morgan fingerprint density at radius 2 is 0.800 bits per heavy atom. The molecule has 2 rings (SSSR count). The fourth-order valence-corrected chi connectivity index (χ4v) is 3.35. The summed E-state index contributed by atoms with van der Waals surface area (Å²) >= 11 is -11.1. The van der Waals surface area contributed by atoms with Crippen LogP contribution in [-0.2, 0) is 0 Å². The molecule has 0 fully saturated rings. The summed E-state index contributed by atoms with van der Waals surface area (Å²) < 4.78 is 62.4. The predicted molar refractivity (Wildman–Crippen MR) is 56.9 cm³/mol. The molecule has 8 heteroatoms. The van der Waals surface area contributed by atoms with E-state index in [1.54, 1.807) is 0 Å². The van der Waals surface area contributed by atoms with Gasteiger partial charge in [0.2, 0.25) is 0 Å². The van der Waals surface area contributed by atoms with Gasteiger partial charge in [-0.25, -0.2) is 0 Å². The zero-order valence-corrected chi connectivity index (χ0v) is 14.1. The fraction of sp³-hybridized carbons (Fsp3) is 0. The van der Waals surface area contributed by atoms with Gasteiger partial charge in [0.1, 0.15) is 0 Å². The zero-order valence-electron chi connectivity index (χ0n) is 9.80. The molecule has 0 aromatic heterocycles. The summed E-state index contributed by atoms with van der Waals surface area (Å²) in [7, 11) is 0. The zero-order chi connectivity index (χ0) is 15.3. The van der Waals surface area contributed by atoms with Gasteiger partial charge >= 0.3 is 57.5 Å². The van der Waals surface area contributed by atoms with E-state index in [0.29, 0.717) is 0 Å². The molecule has 0 saturated carbocycles. The van der Waals surface area contributed by atoms with Crippen LogP contribution in [0.5, 0.6) is 0 Å². The Balaban J connectivity index is 0.000000246. The Morgan fingerprint density at radius 1 is 0.550 bits per heavy atom. The van der Waals surface area contributed by atoms with Crippen LogP contribution in [0.2, 0.25) is 0 Å². The van der Waals surface area contributed by atoms with Crippen molar-refractivity contribution in [1.82, 2.24) is 0 Å². The molecule has 112 valence electrons. The third-order valence-corrected chi connectivity index (χ3v) is 4.37. The molecular weight excluding hydrogens is 512 g/mol. The van der Waals surface area contributed by atoms with Gasteiger partial charge in [-0.1, -0.05) is 36.4 Å². The maximum atomic E-state index is 9.91. The van der Waals surface area contributed by atoms with Gasteiger partial charge in [-0.2, -0.15) is 0 Å². The molecule has 0 heterocycles. The van der Waals surface area contributed by atoms with Crippen LogP contribution in [-0.4, -0.2) is 0 Å². The van der Waals surface area contributed by atoms with Crippen molar-refractivity contribution < 1.29 is 57.5 Å². The molecule has 2 aromatic carbocycles. The summed E-state index contributed by atoms with van der Waals surface area (Å²) in [6, 6.07) is 21.4. The fourth-order valence-electron chi connectivity index (χ4n) is 1.08. The van der Waals surface area contributed by atoms with E-state index in [2.05, 4.69) is 60.7 Å². The second-order valence-corrected chi connectivity index (χ2v) is 11.1. The van der Waals surface area contributed by atoms with E-state index < -0.39 is 19.1 Å². The molecule has 20 heavy (non-hydrogen) atoms. The van der Waals surface area contributed by atoms with Crippen LogP contribution >= 0.6 is 0 Å². The summed E-state index contributed by atoms with van der Waals surface area (Å²) in [6.07, 6.45) is 0. The van der Waals surface area contributed by atoms with Crippen molar-refractivity contribution in [3.8, 4) is 0 Å². The van der Waals surface area contributed by atoms with Crippen molar-refractivity contribution in [3.63, 3.8) is 0 Å². The summed E-state index contributed by atoms with van der Waals surface area (Å²) in [5.74, 6) is 0. The standard InChI is InChI=1S/C12H10I.F6I/c1-3-7-11(8-4-1)13-12-9-5-2-6-10-12;1-7(2,3,4,5)6/h1-10H;/q2*+1. The van der Waals surface area contributed by atoms with Crippen LogP contribution in [0.4, 0.5) is 17.2 Å². The Hall–Kier alpha value is -0.520. The van der Waals surface area contributed by atoms with Crippen LogP contribution < -0.4 is 40.3 Å². The molecule has 0 nitrogen and oxygen atoms in total. The molecule has 0 aliphatic rings. The number of hydrogen-bond donors (Lipinski definition) is 0. The number of rotatable bonds is 2. The Bertz CT molecular complexity index is 487. The number of halogens is 8. The minimum atomic E-state index is -11.1. The Kier molecular flexibility index (Phi) is 4.99. The van der Waals surface area contributed by atoms with Crippen molar-refractivity contribution in [2.45, 2.75) is 0 Å². The van der Waals surface area contributed by atoms with Gasteiger partial charge in [-0.15, -0.1) is 0 Å². The average molecular weight is 522 g/mol. The van der Waals surface area contributed by atoms with Gasteiger partial charge in [-0.3, -0.25) is 0 Å². The molecule has 0 radical (unpaired) electrons. The van der Waals surface area contributed by atoms with Gasteiger partial charge in [0, 0.05) is 0 Å². The monoisotopic (exact) mass is 522 g/mol. The minimum absolute atomic E-state index is 0.0287. The molecule has 0 aliphatic heterocycles. The molecule has 0 atom stereocenters. The van der Waals surface area contributed by atoms with Crippen LogP contribution in [0, 0.1) is 7.14 Å². The first-order chi connectivity index (χ1) is 8.90. The number of benzene rings is 2. The van der Waals surface area contributed by atoms with E-state index in [0.717, 1.165) is 0 Å². The molecule has 0 N–H and O–H groups in total. The van der Waals surface area contributed by atoms with Gasteiger partial charge in [-0.05, 0) is 24.3 Å². The van der Waals surface area contributed by atoms with Crippen LogP contribution in [0.1, 0.15) is 0 Å². The van der Waals surface area contributed by atoms with E-state index >= 15 is 0 Å². The third-order valence-electron chi connectivity index (χ3n) is 1.68. The molecule has 0 spiro atoms. The average Bonchev–Trinajstić information content (AvgIpc) is 2.27. The largest absolute Gasteiger partial charge is 0.357 e. The summed E-state index contributed by atoms with van der Waals surface area (Å²) in [5, 5.41) is 0. The second-order valence-electron chi connectivity index (χ2n) is 3.50. The van der Waals surface area contributed by atoms with Gasteiger partial charge < -0.3 is 0 Å². The Labute approximate surface area is 124 Å². The van der Waals surface area contributed by atoms with Crippen molar-refractivity contribution in [3.05, 3.63) is 67.8 Å². The van der Waals surface area contributed by atoms with E-state index in [1.807, 2.05) is 0 Å². The maximum Gasteiger partial charge on any atom is 0.357 e. The smallest absolute Gasteiger partial charge is 0.0619 e. The van der Waals surface area contributed by atoms with Crippen molar-refractivity contribution in [2.24, 2.45) is 0 Å². The predicted octanol–water partition coefficient (Wildman–Crippen LogP) is -0.660. The van der Waals surface area contributed by atoms with E-state index in [1.165, 1.54) is 7.14 Å². The van der Waals surface area contributed by atoms with Crippen LogP contribution in [0.3, 0.4) is 0 Å². The van der Waals surface area contributed by atoms with Crippen molar-refractivity contribution in [1.29, 1.82) is 0 Å². The van der Waals surface area contributed by atoms with E-state index in [9.17, 15) is 17.2 Å². The van der Waals surface area contributed by atoms with Gasteiger partial charge in [0.15, 0.2) is 7.14 Å². The van der Waals surface area contributed by atoms with Gasteiger partial charge in [0.25, 0.3) is 0 Å². The summed E-state index contributed by atoms with van der Waals surface area (Å²) in [4.78, 5) is 0. The van der Waals surface area contributed by atoms with Crippen LogP contribution in [0.25, 0.3) is 0 Å². The maximum absolute atomic E-state index is 11.1. The van der Waals surface area contributed by atoms with Crippen molar-refractivity contribution >= 4 is 0 Å². The molecule has 0 saturated heterocycles. The van der Waals surface area contributed by atoms with Crippen molar-refractivity contribution in [2.75, 3.05) is 0 Å². The first kappa shape index (κ1) is 17.5. The molecule has 0 aliphatic carbocycles. The summed E-state index contributed by atoms with van der Waals surface area (Å²) in [5.41, 5.74) is 0. The van der Waals surface area contributed by atoms with E-state index in [-0.39, 0.29) is 21.2 Å². The SMILES string of the molecule is F[I+](F)(F)(F)(F)F.c1ccc([I+]c2ccccc2)cc1. The molecule has 0 bridgehead atoms. The molecule has 0 amide bonds. The quantitative estimate of drug-likeness (QED) is 0.364. The van der Waals surface area contributed by atoms with E-state index in [4.69, 9.17) is 0 Å². The first-order valence-electron chi connectivity index (χ1n) is 5.06. The second kappa shape index (κ2) is 5.70. The topological polar surface area (TPSA) is 0 Å². The number of hydrogen-bond acceptors (Lipinski definition) is 0. The Morgan fingerprint density at radius 3 is 1.05 bits per heavy atom. The summed E-state index contributed by atoms with van der Waals surface area (Å²) in [6.45, 7) is 0. The third kappa shape index (κ3) is 12.5. The molecule has 0 unspecified atom stereocenters.